The number of primary amides is 1. The summed E-state index contributed by atoms with van der Waals surface area (Å²) in [5.74, 6) is 0.137. The minimum Gasteiger partial charge on any atom is -0.381 e. The topological polar surface area (TPSA) is 55.6 Å². The molecular weight excluding hydrogens is 168 g/mol. The maximum absolute atomic E-state index is 11.2. The van der Waals surface area contributed by atoms with Gasteiger partial charge in [-0.25, -0.2) is 0 Å². The molecule has 0 saturated carbocycles. The van der Waals surface area contributed by atoms with Crippen molar-refractivity contribution in [2.45, 2.75) is 18.9 Å². The number of nitrogens with two attached hydrogens (primary N) is 1. The van der Waals surface area contributed by atoms with Crippen LogP contribution in [0.25, 0.3) is 0 Å². The molecule has 13 heavy (non-hydrogen) atoms. The second kappa shape index (κ2) is 4.58. The predicted octanol–water partition coefficient (Wildman–Crippen LogP) is -0.171. The van der Waals surface area contributed by atoms with E-state index in [1.165, 1.54) is 0 Å². The number of ether oxygens (including phenoxy) is 1. The molecule has 1 saturated heterocycles. The van der Waals surface area contributed by atoms with Crippen molar-refractivity contribution in [3.63, 3.8) is 0 Å². The number of hydrogen-bond acceptors (Lipinski definition) is 3. The summed E-state index contributed by atoms with van der Waals surface area (Å²) in [5.41, 5.74) is 5.35. The van der Waals surface area contributed by atoms with Crippen molar-refractivity contribution < 1.29 is 9.53 Å². The molecule has 1 aliphatic heterocycles. The van der Waals surface area contributed by atoms with E-state index in [9.17, 15) is 4.79 Å². The average molecular weight is 186 g/mol. The summed E-state index contributed by atoms with van der Waals surface area (Å²) in [5, 5.41) is 0. The first-order chi connectivity index (χ1) is 6.13. The predicted molar refractivity (Wildman–Crippen MR) is 50.2 cm³/mol. The van der Waals surface area contributed by atoms with Crippen molar-refractivity contribution in [2.24, 2.45) is 11.7 Å². The zero-order valence-corrected chi connectivity index (χ0v) is 8.32. The highest BCUT2D eigenvalue weighted by atomic mass is 16.5. The average Bonchev–Trinajstić information content (AvgIpc) is 2.04. The first kappa shape index (κ1) is 10.5. The van der Waals surface area contributed by atoms with Crippen LogP contribution in [0.5, 0.6) is 0 Å². The third-order valence-electron chi connectivity index (χ3n) is 2.56. The second-order valence-electron chi connectivity index (χ2n) is 3.76. The lowest BCUT2D eigenvalue weighted by Gasteiger charge is -2.32. The normalized spacial score (nSPS) is 21.8. The number of carbonyl (C=O) groups excluding carboxylic acids is 1. The highest BCUT2D eigenvalue weighted by Gasteiger charge is 2.29. The summed E-state index contributed by atoms with van der Waals surface area (Å²) < 4.78 is 5.24. The molecule has 1 rings (SSSR count). The molecule has 0 aromatic rings. The summed E-state index contributed by atoms with van der Waals surface area (Å²) in [7, 11) is 3.79. The monoisotopic (exact) mass is 186 g/mol. The van der Waals surface area contributed by atoms with Crippen LogP contribution in [0.15, 0.2) is 0 Å². The molecule has 0 aromatic carbocycles. The molecular formula is C9H18N2O2. The molecule has 4 nitrogen and oxygen atoms in total. The van der Waals surface area contributed by atoms with Crippen molar-refractivity contribution in [3.8, 4) is 0 Å². The summed E-state index contributed by atoms with van der Waals surface area (Å²) in [4.78, 5) is 13.1. The number of rotatable bonds is 3. The maximum atomic E-state index is 11.2. The quantitative estimate of drug-likeness (QED) is 0.665. The van der Waals surface area contributed by atoms with Gasteiger partial charge in [0.2, 0.25) is 5.91 Å². The Balaban J connectivity index is 2.57. The van der Waals surface area contributed by atoms with Crippen LogP contribution in [-0.2, 0) is 9.53 Å². The molecule has 0 spiro atoms. The van der Waals surface area contributed by atoms with Gasteiger partial charge in [0.25, 0.3) is 0 Å². The minimum atomic E-state index is -0.225. The Labute approximate surface area is 79.0 Å². The Kier molecular flexibility index (Phi) is 3.69. The maximum Gasteiger partial charge on any atom is 0.235 e. The van der Waals surface area contributed by atoms with Crippen LogP contribution in [0.4, 0.5) is 0 Å². The van der Waals surface area contributed by atoms with Crippen LogP contribution in [0.2, 0.25) is 0 Å². The van der Waals surface area contributed by atoms with E-state index in [1.54, 1.807) is 0 Å². The van der Waals surface area contributed by atoms with Crippen molar-refractivity contribution in [2.75, 3.05) is 27.3 Å². The van der Waals surface area contributed by atoms with Crippen molar-refractivity contribution in [1.29, 1.82) is 0 Å². The van der Waals surface area contributed by atoms with Crippen molar-refractivity contribution in [1.82, 2.24) is 4.90 Å². The molecule has 0 radical (unpaired) electrons. The van der Waals surface area contributed by atoms with E-state index in [-0.39, 0.29) is 11.9 Å². The Hall–Kier alpha value is -0.610. The lowest BCUT2D eigenvalue weighted by molar-refractivity contribution is -0.125. The van der Waals surface area contributed by atoms with Gasteiger partial charge in [-0.05, 0) is 32.9 Å². The fraction of sp³-hybridized carbons (Fsp3) is 0.889. The fourth-order valence-electron chi connectivity index (χ4n) is 1.94. The van der Waals surface area contributed by atoms with Crippen molar-refractivity contribution >= 4 is 5.91 Å². The smallest absolute Gasteiger partial charge is 0.235 e. The highest BCUT2D eigenvalue weighted by Crippen LogP contribution is 2.21. The van der Waals surface area contributed by atoms with E-state index in [1.807, 2.05) is 19.0 Å². The van der Waals surface area contributed by atoms with Gasteiger partial charge in [0.1, 0.15) is 0 Å². The van der Waals surface area contributed by atoms with Crippen LogP contribution < -0.4 is 5.73 Å². The molecule has 4 heteroatoms. The van der Waals surface area contributed by atoms with E-state index in [4.69, 9.17) is 10.5 Å². The van der Waals surface area contributed by atoms with Gasteiger partial charge in [-0.2, -0.15) is 0 Å². The third kappa shape index (κ3) is 2.67. The van der Waals surface area contributed by atoms with Gasteiger partial charge in [0.15, 0.2) is 0 Å². The molecule has 0 aliphatic carbocycles. The summed E-state index contributed by atoms with van der Waals surface area (Å²) in [6.07, 6.45) is 1.87. The van der Waals surface area contributed by atoms with Crippen LogP contribution in [0, 0.1) is 5.92 Å². The Morgan fingerprint density at radius 2 is 2.00 bits per heavy atom. The van der Waals surface area contributed by atoms with Crippen LogP contribution in [0.3, 0.4) is 0 Å². The van der Waals surface area contributed by atoms with Gasteiger partial charge in [-0.15, -0.1) is 0 Å². The lowest BCUT2D eigenvalue weighted by Crippen LogP contribution is -2.47. The zero-order chi connectivity index (χ0) is 9.84. The van der Waals surface area contributed by atoms with Crippen molar-refractivity contribution in [3.05, 3.63) is 0 Å². The summed E-state index contributed by atoms with van der Waals surface area (Å²) >= 11 is 0. The zero-order valence-electron chi connectivity index (χ0n) is 8.32. The van der Waals surface area contributed by atoms with Gasteiger partial charge in [0, 0.05) is 13.2 Å². The molecule has 1 aliphatic rings. The molecule has 0 aromatic heterocycles. The summed E-state index contributed by atoms with van der Waals surface area (Å²) in [6, 6.07) is -0.135. The molecule has 1 atom stereocenters. The van der Waals surface area contributed by atoms with E-state index >= 15 is 0 Å². The standard InChI is InChI=1S/C9H18N2O2/c1-11(2)8(9(10)12)7-3-5-13-6-4-7/h7-8H,3-6H2,1-2H3,(H2,10,12). The first-order valence-corrected chi connectivity index (χ1v) is 4.66. The SMILES string of the molecule is CN(C)C(C(N)=O)C1CCOCC1. The molecule has 76 valence electrons. The van der Waals surface area contributed by atoms with Gasteiger partial charge >= 0.3 is 0 Å². The molecule has 1 unspecified atom stereocenters. The van der Waals surface area contributed by atoms with Gasteiger partial charge in [0.05, 0.1) is 6.04 Å². The third-order valence-corrected chi connectivity index (χ3v) is 2.56. The number of carbonyl (C=O) groups is 1. The number of hydrogen-bond donors (Lipinski definition) is 1. The van der Waals surface area contributed by atoms with E-state index in [0.29, 0.717) is 5.92 Å². The molecule has 1 fully saturated rings. The number of amides is 1. The van der Waals surface area contributed by atoms with Gasteiger partial charge in [-0.1, -0.05) is 0 Å². The van der Waals surface area contributed by atoms with Gasteiger partial charge in [-0.3, -0.25) is 9.69 Å². The fourth-order valence-corrected chi connectivity index (χ4v) is 1.94. The van der Waals surface area contributed by atoms with E-state index < -0.39 is 0 Å². The number of nitrogens with zero attached hydrogens (tertiary/aromatic N) is 1. The van der Waals surface area contributed by atoms with Crippen LogP contribution >= 0.6 is 0 Å². The molecule has 1 heterocycles. The second-order valence-corrected chi connectivity index (χ2v) is 3.76. The molecule has 2 N–H and O–H groups in total. The minimum absolute atomic E-state index is 0.135. The lowest BCUT2D eigenvalue weighted by atomic mass is 9.90. The number of likely N-dealkylation sites (N-methyl/N-ethyl adjacent to an activating group) is 1. The molecule has 0 bridgehead atoms. The van der Waals surface area contributed by atoms with E-state index in [2.05, 4.69) is 0 Å². The Bertz CT molecular complexity index is 176. The van der Waals surface area contributed by atoms with Crippen LogP contribution in [-0.4, -0.2) is 44.2 Å². The largest absolute Gasteiger partial charge is 0.381 e. The Morgan fingerprint density at radius 3 is 2.38 bits per heavy atom. The van der Waals surface area contributed by atoms with E-state index in [0.717, 1.165) is 26.1 Å². The van der Waals surface area contributed by atoms with Gasteiger partial charge < -0.3 is 10.5 Å². The Morgan fingerprint density at radius 1 is 1.46 bits per heavy atom. The molecule has 1 amide bonds. The first-order valence-electron chi connectivity index (χ1n) is 4.66. The summed E-state index contributed by atoms with van der Waals surface area (Å²) in [6.45, 7) is 1.50. The highest BCUT2D eigenvalue weighted by molar-refractivity contribution is 5.80. The van der Waals surface area contributed by atoms with Crippen LogP contribution in [0.1, 0.15) is 12.8 Å².